The number of hydrogen-bond donors (Lipinski definition) is 1. The first kappa shape index (κ1) is 19.4. The van der Waals surface area contributed by atoms with Gasteiger partial charge < -0.3 is 10.1 Å². The van der Waals surface area contributed by atoms with Crippen LogP contribution in [0.2, 0.25) is 0 Å². The van der Waals surface area contributed by atoms with Crippen molar-refractivity contribution in [1.29, 1.82) is 0 Å². The highest BCUT2D eigenvalue weighted by Gasteiger charge is 2.35. The molecular weight excluding hydrogens is 336 g/mol. The van der Waals surface area contributed by atoms with Gasteiger partial charge in [0, 0.05) is 13.1 Å². The van der Waals surface area contributed by atoms with Crippen molar-refractivity contribution in [1.82, 2.24) is 10.2 Å². The lowest BCUT2D eigenvalue weighted by molar-refractivity contribution is -0.129. The summed E-state index contributed by atoms with van der Waals surface area (Å²) >= 11 is 0. The number of hydrogen-bond acceptors (Lipinski definition) is 5. The van der Waals surface area contributed by atoms with Crippen molar-refractivity contribution >= 4 is 23.7 Å². The number of esters is 1. The highest BCUT2D eigenvalue weighted by Crippen LogP contribution is 2.24. The van der Waals surface area contributed by atoms with E-state index in [-0.39, 0.29) is 29.2 Å². The number of nitrogens with one attached hydrogen (secondary N) is 1. The molecule has 0 bridgehead atoms. The maximum atomic E-state index is 12.3. The van der Waals surface area contributed by atoms with Crippen molar-refractivity contribution in [2.75, 3.05) is 13.1 Å². The number of carbonyl (C=O) groups excluding carboxylic acids is 4. The van der Waals surface area contributed by atoms with E-state index in [9.17, 15) is 19.2 Å². The Morgan fingerprint density at radius 2 is 1.85 bits per heavy atom. The van der Waals surface area contributed by atoms with E-state index in [4.69, 9.17) is 4.74 Å². The molecule has 1 aromatic carbocycles. The summed E-state index contributed by atoms with van der Waals surface area (Å²) in [5.41, 5.74) is 0.480. The summed E-state index contributed by atoms with van der Waals surface area (Å²) in [4.78, 5) is 49.7. The van der Waals surface area contributed by atoms with Gasteiger partial charge in [-0.05, 0) is 31.0 Å². The molecule has 3 amide bonds. The Bertz CT molecular complexity index is 769. The zero-order chi connectivity index (χ0) is 19.4. The van der Waals surface area contributed by atoms with E-state index >= 15 is 0 Å². The van der Waals surface area contributed by atoms with E-state index in [1.54, 1.807) is 0 Å². The van der Waals surface area contributed by atoms with Crippen LogP contribution in [0.15, 0.2) is 30.9 Å². The predicted octanol–water partition coefficient (Wildman–Crippen LogP) is 1.79. The van der Waals surface area contributed by atoms with Gasteiger partial charge in [-0.25, -0.2) is 4.79 Å². The number of ether oxygens (including phenoxy) is 1. The molecule has 7 nitrogen and oxygen atoms in total. The van der Waals surface area contributed by atoms with Gasteiger partial charge in [-0.3, -0.25) is 19.3 Å². The van der Waals surface area contributed by atoms with Gasteiger partial charge in [-0.1, -0.05) is 19.9 Å². The minimum atomic E-state index is -0.968. The maximum Gasteiger partial charge on any atom is 0.338 e. The van der Waals surface area contributed by atoms with Gasteiger partial charge in [0.05, 0.1) is 16.7 Å². The van der Waals surface area contributed by atoms with E-state index < -0.39 is 29.8 Å². The van der Waals surface area contributed by atoms with Crippen LogP contribution in [0.4, 0.5) is 0 Å². The minimum absolute atomic E-state index is 0.0964. The molecule has 1 heterocycles. The van der Waals surface area contributed by atoms with Gasteiger partial charge in [0.15, 0.2) is 6.10 Å². The molecule has 0 fully saturated rings. The third-order valence-electron chi connectivity index (χ3n) is 3.86. The second-order valence-corrected chi connectivity index (χ2v) is 6.46. The lowest BCUT2D eigenvalue weighted by Gasteiger charge is -2.14. The molecule has 0 unspecified atom stereocenters. The van der Waals surface area contributed by atoms with Gasteiger partial charge >= 0.3 is 5.97 Å². The fourth-order valence-electron chi connectivity index (χ4n) is 2.44. The van der Waals surface area contributed by atoms with E-state index in [1.807, 2.05) is 13.8 Å². The lowest BCUT2D eigenvalue weighted by Crippen LogP contribution is -2.37. The van der Waals surface area contributed by atoms with Gasteiger partial charge in [-0.2, -0.15) is 0 Å². The van der Waals surface area contributed by atoms with Crippen LogP contribution in [0.25, 0.3) is 0 Å². The molecule has 0 spiro atoms. The number of rotatable bonds is 7. The van der Waals surface area contributed by atoms with Crippen molar-refractivity contribution in [3.8, 4) is 0 Å². The van der Waals surface area contributed by atoms with Crippen LogP contribution in [0.1, 0.15) is 51.8 Å². The maximum absolute atomic E-state index is 12.3. The fraction of sp³-hybridized carbons (Fsp3) is 0.368. The average Bonchev–Trinajstić information content (AvgIpc) is 2.84. The monoisotopic (exact) mass is 358 g/mol. The molecule has 0 saturated carbocycles. The Labute approximate surface area is 152 Å². The molecule has 0 aromatic heterocycles. The molecular formula is C19H22N2O5. The normalized spacial score (nSPS) is 14.2. The quantitative estimate of drug-likeness (QED) is 0.456. The van der Waals surface area contributed by atoms with E-state index in [0.717, 1.165) is 4.90 Å². The zero-order valence-corrected chi connectivity index (χ0v) is 15.1. The highest BCUT2D eigenvalue weighted by atomic mass is 16.5. The molecule has 0 radical (unpaired) electrons. The summed E-state index contributed by atoms with van der Waals surface area (Å²) in [7, 11) is 0. The van der Waals surface area contributed by atoms with Crippen molar-refractivity contribution in [2.24, 2.45) is 5.92 Å². The Balaban J connectivity index is 2.10. The van der Waals surface area contributed by atoms with Crippen LogP contribution in [-0.4, -0.2) is 47.8 Å². The summed E-state index contributed by atoms with van der Waals surface area (Å²) in [6, 6.07) is 4.14. The summed E-state index contributed by atoms with van der Waals surface area (Å²) in [6.45, 7) is 9.48. The molecule has 2 rings (SSSR count). The smallest absolute Gasteiger partial charge is 0.338 e. The van der Waals surface area contributed by atoms with Crippen LogP contribution in [0.5, 0.6) is 0 Å². The molecule has 138 valence electrons. The lowest BCUT2D eigenvalue weighted by atomic mass is 10.1. The number of fused-ring (bicyclic) bond motifs is 1. The minimum Gasteiger partial charge on any atom is -0.449 e. The Kier molecular flexibility index (Phi) is 5.92. The highest BCUT2D eigenvalue weighted by molar-refractivity contribution is 6.22. The standard InChI is InChI=1S/C19H22N2O5/c1-5-8-21-17(23)14-7-6-13(9-15(14)18(21)24)19(25)26-12(4)16(22)20-10-11(2)3/h5-7,9,11-12H,1,8,10H2,2-4H3,(H,20,22)/t12-/m1/s1. The van der Waals surface area contributed by atoms with Crippen LogP contribution in [-0.2, 0) is 9.53 Å². The van der Waals surface area contributed by atoms with Crippen molar-refractivity contribution < 1.29 is 23.9 Å². The summed E-state index contributed by atoms with van der Waals surface area (Å²) < 4.78 is 5.15. The first-order valence-corrected chi connectivity index (χ1v) is 8.36. The molecule has 26 heavy (non-hydrogen) atoms. The molecule has 1 aromatic rings. The Morgan fingerprint density at radius 3 is 2.46 bits per heavy atom. The van der Waals surface area contributed by atoms with Gasteiger partial charge in [0.2, 0.25) is 0 Å². The van der Waals surface area contributed by atoms with Crippen molar-refractivity contribution in [3.63, 3.8) is 0 Å². The number of amides is 3. The number of nitrogens with zero attached hydrogens (tertiary/aromatic N) is 1. The van der Waals surface area contributed by atoms with Crippen LogP contribution >= 0.6 is 0 Å². The molecule has 1 aliphatic heterocycles. The molecule has 0 aliphatic carbocycles. The molecule has 1 aliphatic rings. The second-order valence-electron chi connectivity index (χ2n) is 6.46. The average molecular weight is 358 g/mol. The fourth-order valence-corrected chi connectivity index (χ4v) is 2.44. The van der Waals surface area contributed by atoms with Crippen LogP contribution < -0.4 is 5.32 Å². The molecule has 1 N–H and O–H groups in total. The van der Waals surface area contributed by atoms with E-state index in [1.165, 1.54) is 31.2 Å². The number of imide groups is 1. The van der Waals surface area contributed by atoms with Crippen molar-refractivity contribution in [3.05, 3.63) is 47.5 Å². The zero-order valence-electron chi connectivity index (χ0n) is 15.1. The van der Waals surface area contributed by atoms with E-state index in [0.29, 0.717) is 6.54 Å². The predicted molar refractivity (Wildman–Crippen MR) is 94.7 cm³/mol. The van der Waals surface area contributed by atoms with Crippen molar-refractivity contribution in [2.45, 2.75) is 26.9 Å². The number of benzene rings is 1. The Morgan fingerprint density at radius 1 is 1.19 bits per heavy atom. The van der Waals surface area contributed by atoms with Gasteiger partial charge in [0.25, 0.3) is 17.7 Å². The second kappa shape index (κ2) is 7.95. The van der Waals surface area contributed by atoms with Gasteiger partial charge in [0.1, 0.15) is 0 Å². The molecule has 1 atom stereocenters. The summed E-state index contributed by atoms with van der Waals surface area (Å²) in [5, 5.41) is 2.68. The topological polar surface area (TPSA) is 92.8 Å². The summed E-state index contributed by atoms with van der Waals surface area (Å²) in [6.07, 6.45) is 0.484. The van der Waals surface area contributed by atoms with Crippen LogP contribution in [0.3, 0.4) is 0 Å². The first-order valence-electron chi connectivity index (χ1n) is 8.36. The molecule has 7 heteroatoms. The Hall–Kier alpha value is -2.96. The van der Waals surface area contributed by atoms with Gasteiger partial charge in [-0.15, -0.1) is 6.58 Å². The summed E-state index contributed by atoms with van der Waals surface area (Å²) in [5.74, 6) is -1.76. The SMILES string of the molecule is C=CCN1C(=O)c2ccc(C(=O)O[C@H](C)C(=O)NCC(C)C)cc2C1=O. The number of carbonyl (C=O) groups is 4. The largest absolute Gasteiger partial charge is 0.449 e. The third-order valence-corrected chi connectivity index (χ3v) is 3.86. The third kappa shape index (κ3) is 3.99. The van der Waals surface area contributed by atoms with E-state index in [2.05, 4.69) is 11.9 Å². The first-order chi connectivity index (χ1) is 12.3. The van der Waals surface area contributed by atoms with Crippen LogP contribution in [0, 0.1) is 5.92 Å². The molecule has 0 saturated heterocycles.